The number of aryl methyl sites for hydroxylation is 1. The average molecular weight is 265 g/mol. The quantitative estimate of drug-likeness (QED) is 0.644. The van der Waals surface area contributed by atoms with Crippen LogP contribution in [0.15, 0.2) is 12.3 Å². The minimum atomic E-state index is -0.415. The molecule has 2 rings (SSSR count). The first-order valence-corrected chi connectivity index (χ1v) is 6.61. The highest BCUT2D eigenvalue weighted by atomic mass is 16.6. The molecule has 19 heavy (non-hydrogen) atoms. The standard InChI is InChI=1S/C13H19N3O3/c1-9-6-7-14-13(12(9)16(18)19)15-8-10-4-2-3-5-11(10)17/h6-7,10-11,17H,2-5,8H2,1H3,(H,14,15). The topological polar surface area (TPSA) is 88.3 Å². The monoisotopic (exact) mass is 265 g/mol. The van der Waals surface area contributed by atoms with Crippen molar-refractivity contribution >= 4 is 11.5 Å². The molecule has 1 fully saturated rings. The molecular formula is C13H19N3O3. The van der Waals surface area contributed by atoms with E-state index in [9.17, 15) is 15.2 Å². The van der Waals surface area contributed by atoms with E-state index in [2.05, 4.69) is 10.3 Å². The predicted molar refractivity (Wildman–Crippen MR) is 72.1 cm³/mol. The van der Waals surface area contributed by atoms with Gasteiger partial charge in [0.2, 0.25) is 5.82 Å². The lowest BCUT2D eigenvalue weighted by Crippen LogP contribution is -2.30. The van der Waals surface area contributed by atoms with Crippen molar-refractivity contribution < 1.29 is 10.0 Å². The minimum absolute atomic E-state index is 0.0211. The molecule has 0 bridgehead atoms. The maximum Gasteiger partial charge on any atom is 0.314 e. The van der Waals surface area contributed by atoms with Crippen molar-refractivity contribution in [1.29, 1.82) is 0 Å². The molecule has 0 saturated heterocycles. The van der Waals surface area contributed by atoms with Crippen LogP contribution in [0, 0.1) is 23.0 Å². The maximum absolute atomic E-state index is 11.0. The molecule has 0 amide bonds. The van der Waals surface area contributed by atoms with Gasteiger partial charge in [0, 0.05) is 24.2 Å². The summed E-state index contributed by atoms with van der Waals surface area (Å²) in [5.41, 5.74) is 0.611. The van der Waals surface area contributed by atoms with Crippen LogP contribution in [0.3, 0.4) is 0 Å². The Morgan fingerprint density at radius 1 is 1.53 bits per heavy atom. The fourth-order valence-corrected chi connectivity index (χ4v) is 2.56. The number of nitrogens with one attached hydrogen (secondary N) is 1. The molecular weight excluding hydrogens is 246 g/mol. The molecule has 2 N–H and O–H groups in total. The number of hydrogen-bond acceptors (Lipinski definition) is 5. The number of aliphatic hydroxyl groups excluding tert-OH is 1. The maximum atomic E-state index is 11.0. The second kappa shape index (κ2) is 5.97. The molecule has 6 heteroatoms. The summed E-state index contributed by atoms with van der Waals surface area (Å²) in [6.07, 6.45) is 5.17. The lowest BCUT2D eigenvalue weighted by molar-refractivity contribution is -0.384. The van der Waals surface area contributed by atoms with Crippen molar-refractivity contribution in [1.82, 2.24) is 4.98 Å². The summed E-state index contributed by atoms with van der Waals surface area (Å²) in [6.45, 7) is 2.22. The van der Waals surface area contributed by atoms with Gasteiger partial charge in [0.05, 0.1) is 11.0 Å². The van der Waals surface area contributed by atoms with Crippen LogP contribution in [0.1, 0.15) is 31.2 Å². The number of hydrogen-bond donors (Lipinski definition) is 2. The van der Waals surface area contributed by atoms with E-state index >= 15 is 0 Å². The fraction of sp³-hybridized carbons (Fsp3) is 0.615. The van der Waals surface area contributed by atoms with Crippen LogP contribution in [-0.2, 0) is 0 Å². The zero-order valence-electron chi connectivity index (χ0n) is 11.0. The summed E-state index contributed by atoms with van der Waals surface area (Å²) >= 11 is 0. The van der Waals surface area contributed by atoms with Crippen LogP contribution in [0.4, 0.5) is 11.5 Å². The van der Waals surface area contributed by atoms with Crippen LogP contribution in [0.25, 0.3) is 0 Å². The lowest BCUT2D eigenvalue weighted by Gasteiger charge is -2.27. The van der Waals surface area contributed by atoms with Crippen LogP contribution in [-0.4, -0.2) is 27.7 Å². The predicted octanol–water partition coefficient (Wildman–Crippen LogP) is 2.26. The molecule has 2 unspecified atom stereocenters. The van der Waals surface area contributed by atoms with E-state index in [0.717, 1.165) is 25.7 Å². The van der Waals surface area contributed by atoms with E-state index in [1.165, 1.54) is 0 Å². The highest BCUT2D eigenvalue weighted by Gasteiger charge is 2.24. The Morgan fingerprint density at radius 2 is 2.26 bits per heavy atom. The first-order chi connectivity index (χ1) is 9.09. The van der Waals surface area contributed by atoms with E-state index in [-0.39, 0.29) is 17.7 Å². The van der Waals surface area contributed by atoms with Crippen molar-refractivity contribution in [2.45, 2.75) is 38.7 Å². The Balaban J connectivity index is 2.07. The van der Waals surface area contributed by atoms with E-state index in [1.807, 2.05) is 0 Å². The molecule has 104 valence electrons. The average Bonchev–Trinajstić information content (AvgIpc) is 2.37. The number of pyridine rings is 1. The third kappa shape index (κ3) is 3.20. The molecule has 0 aromatic carbocycles. The molecule has 0 spiro atoms. The Hall–Kier alpha value is -1.69. The van der Waals surface area contributed by atoms with Crippen molar-refractivity contribution in [3.05, 3.63) is 27.9 Å². The zero-order chi connectivity index (χ0) is 13.8. The van der Waals surface area contributed by atoms with Crippen LogP contribution in [0.2, 0.25) is 0 Å². The van der Waals surface area contributed by atoms with Gasteiger partial charge < -0.3 is 10.4 Å². The van der Waals surface area contributed by atoms with Crippen molar-refractivity contribution in [3.63, 3.8) is 0 Å². The summed E-state index contributed by atoms with van der Waals surface area (Å²) in [7, 11) is 0. The molecule has 6 nitrogen and oxygen atoms in total. The smallest absolute Gasteiger partial charge is 0.314 e. The van der Waals surface area contributed by atoms with Gasteiger partial charge >= 0.3 is 5.69 Å². The van der Waals surface area contributed by atoms with E-state index in [0.29, 0.717) is 17.9 Å². The summed E-state index contributed by atoms with van der Waals surface area (Å²) in [5, 5.41) is 23.9. The molecule has 1 aromatic rings. The molecule has 2 atom stereocenters. The van der Waals surface area contributed by atoms with E-state index in [1.54, 1.807) is 19.2 Å². The fourth-order valence-electron chi connectivity index (χ4n) is 2.56. The van der Waals surface area contributed by atoms with Crippen molar-refractivity contribution in [2.75, 3.05) is 11.9 Å². The van der Waals surface area contributed by atoms with Gasteiger partial charge in [-0.25, -0.2) is 4.98 Å². The molecule has 1 aliphatic carbocycles. The van der Waals surface area contributed by atoms with Crippen molar-refractivity contribution in [3.8, 4) is 0 Å². The Morgan fingerprint density at radius 3 is 2.95 bits per heavy atom. The Bertz CT molecular complexity index is 464. The molecule has 0 radical (unpaired) electrons. The summed E-state index contributed by atoms with van der Waals surface area (Å²) in [5.74, 6) is 0.443. The van der Waals surface area contributed by atoms with Crippen LogP contribution >= 0.6 is 0 Å². The number of rotatable bonds is 4. The van der Waals surface area contributed by atoms with Gasteiger partial charge in [0.15, 0.2) is 0 Å². The molecule has 1 aliphatic rings. The molecule has 1 saturated carbocycles. The van der Waals surface area contributed by atoms with Gasteiger partial charge in [-0.15, -0.1) is 0 Å². The first-order valence-electron chi connectivity index (χ1n) is 6.61. The normalized spacial score (nSPS) is 23.1. The first kappa shape index (κ1) is 13.7. The SMILES string of the molecule is Cc1ccnc(NCC2CCCCC2O)c1[N+](=O)[O-]. The number of nitro groups is 1. The van der Waals surface area contributed by atoms with Crippen molar-refractivity contribution in [2.24, 2.45) is 5.92 Å². The number of aromatic nitrogens is 1. The number of anilines is 1. The number of nitrogens with zero attached hydrogens (tertiary/aromatic N) is 2. The Labute approximate surface area is 112 Å². The highest BCUT2D eigenvalue weighted by molar-refractivity contribution is 5.59. The second-order valence-electron chi connectivity index (χ2n) is 5.07. The van der Waals surface area contributed by atoms with Crippen LogP contribution < -0.4 is 5.32 Å². The van der Waals surface area contributed by atoms with Gasteiger partial charge in [-0.1, -0.05) is 12.8 Å². The largest absolute Gasteiger partial charge is 0.393 e. The zero-order valence-corrected chi connectivity index (χ0v) is 11.0. The molecule has 1 heterocycles. The molecule has 0 aliphatic heterocycles. The summed E-state index contributed by atoms with van der Waals surface area (Å²) < 4.78 is 0. The van der Waals surface area contributed by atoms with Gasteiger partial charge in [-0.3, -0.25) is 10.1 Å². The Kier molecular flexibility index (Phi) is 4.31. The minimum Gasteiger partial charge on any atom is -0.393 e. The van der Waals surface area contributed by atoms with Crippen LogP contribution in [0.5, 0.6) is 0 Å². The van der Waals surface area contributed by atoms with Gasteiger partial charge in [0.25, 0.3) is 0 Å². The third-order valence-electron chi connectivity index (χ3n) is 3.71. The summed E-state index contributed by atoms with van der Waals surface area (Å²) in [6, 6.07) is 1.62. The molecule has 1 aromatic heterocycles. The third-order valence-corrected chi connectivity index (χ3v) is 3.71. The number of aliphatic hydroxyl groups is 1. The second-order valence-corrected chi connectivity index (χ2v) is 5.07. The lowest BCUT2D eigenvalue weighted by atomic mass is 9.86. The van der Waals surface area contributed by atoms with E-state index in [4.69, 9.17) is 0 Å². The van der Waals surface area contributed by atoms with E-state index < -0.39 is 4.92 Å². The van der Waals surface area contributed by atoms with Gasteiger partial charge in [0.1, 0.15) is 0 Å². The van der Waals surface area contributed by atoms with Gasteiger partial charge in [-0.2, -0.15) is 0 Å². The summed E-state index contributed by atoms with van der Waals surface area (Å²) in [4.78, 5) is 14.7. The van der Waals surface area contributed by atoms with Gasteiger partial charge in [-0.05, 0) is 25.8 Å². The highest BCUT2D eigenvalue weighted by Crippen LogP contribution is 2.28.